The Morgan fingerprint density at radius 2 is 1.86 bits per heavy atom. The van der Waals surface area contributed by atoms with Crippen LogP contribution in [0.1, 0.15) is 0 Å². The number of nitro benzene ring substituents is 1. The molecule has 0 aromatic heterocycles. The number of nitrogens with zero attached hydrogens (tertiary/aromatic N) is 3. The van der Waals surface area contributed by atoms with Gasteiger partial charge in [-0.1, -0.05) is 0 Å². The molecule has 2 saturated heterocycles. The van der Waals surface area contributed by atoms with Crippen LogP contribution in [-0.4, -0.2) is 66.3 Å². The molecular weight excluding hydrogens is 290 g/mol. The van der Waals surface area contributed by atoms with Crippen LogP contribution in [-0.2, 0) is 4.74 Å². The first-order valence-electron chi connectivity index (χ1n) is 7.16. The fourth-order valence-corrected chi connectivity index (χ4v) is 2.58. The van der Waals surface area contributed by atoms with Crippen molar-refractivity contribution in [1.82, 2.24) is 9.80 Å². The average Bonchev–Trinajstić information content (AvgIpc) is 2.47. The molecule has 0 atom stereocenters. The zero-order valence-electron chi connectivity index (χ0n) is 12.0. The third kappa shape index (κ3) is 3.18. The predicted molar refractivity (Wildman–Crippen MR) is 76.9 cm³/mol. The number of ether oxygens (including phenoxy) is 2. The van der Waals surface area contributed by atoms with Crippen molar-refractivity contribution >= 4 is 11.8 Å². The summed E-state index contributed by atoms with van der Waals surface area (Å²) in [5, 5.41) is 10.6. The van der Waals surface area contributed by atoms with E-state index in [0.29, 0.717) is 24.9 Å². The highest BCUT2D eigenvalue weighted by Crippen LogP contribution is 2.21. The Bertz CT molecular complexity index is 550. The van der Waals surface area contributed by atoms with Gasteiger partial charge >= 0.3 is 6.09 Å². The van der Waals surface area contributed by atoms with E-state index in [1.807, 2.05) is 0 Å². The van der Waals surface area contributed by atoms with Gasteiger partial charge in [-0.2, -0.15) is 0 Å². The highest BCUT2D eigenvalue weighted by molar-refractivity contribution is 5.71. The standard InChI is InChI=1S/C14H17N3O5/c18-14(22-13-3-1-11(2-4-13)17(19)20)16-9-12(10-16)15-5-7-21-8-6-15/h1-4,12H,5-10H2. The molecule has 3 rings (SSSR count). The van der Waals surface area contributed by atoms with Crippen LogP contribution >= 0.6 is 0 Å². The van der Waals surface area contributed by atoms with Crippen molar-refractivity contribution in [2.75, 3.05) is 39.4 Å². The molecule has 0 saturated carbocycles. The molecule has 0 unspecified atom stereocenters. The van der Waals surface area contributed by atoms with E-state index in [-0.39, 0.29) is 5.69 Å². The normalized spacial score (nSPS) is 19.5. The van der Waals surface area contributed by atoms with Gasteiger partial charge < -0.3 is 14.4 Å². The van der Waals surface area contributed by atoms with Gasteiger partial charge in [-0.25, -0.2) is 4.79 Å². The lowest BCUT2D eigenvalue weighted by atomic mass is 10.1. The summed E-state index contributed by atoms with van der Waals surface area (Å²) in [7, 11) is 0. The number of carbonyl (C=O) groups is 1. The first-order valence-corrected chi connectivity index (χ1v) is 7.16. The largest absolute Gasteiger partial charge is 0.415 e. The summed E-state index contributed by atoms with van der Waals surface area (Å²) < 4.78 is 10.5. The molecule has 1 aromatic rings. The van der Waals surface area contributed by atoms with Crippen molar-refractivity contribution in [3.63, 3.8) is 0 Å². The van der Waals surface area contributed by atoms with Crippen LogP contribution in [0.15, 0.2) is 24.3 Å². The fourth-order valence-electron chi connectivity index (χ4n) is 2.58. The molecule has 2 aliphatic heterocycles. The summed E-state index contributed by atoms with van der Waals surface area (Å²) in [6, 6.07) is 5.85. The van der Waals surface area contributed by atoms with Gasteiger partial charge in [0.25, 0.3) is 5.69 Å². The predicted octanol–water partition coefficient (Wildman–Crippen LogP) is 1.11. The summed E-state index contributed by atoms with van der Waals surface area (Å²) in [6.07, 6.45) is -0.418. The lowest BCUT2D eigenvalue weighted by Gasteiger charge is -2.45. The number of non-ortho nitro benzene ring substituents is 1. The Kier molecular flexibility index (Phi) is 4.21. The maximum atomic E-state index is 12.0. The molecular formula is C14H17N3O5. The third-order valence-electron chi connectivity index (χ3n) is 3.94. The van der Waals surface area contributed by atoms with E-state index in [0.717, 1.165) is 26.3 Å². The van der Waals surface area contributed by atoms with Gasteiger partial charge in [0.2, 0.25) is 0 Å². The smallest absolute Gasteiger partial charge is 0.410 e. The van der Waals surface area contributed by atoms with E-state index in [2.05, 4.69) is 4.90 Å². The monoisotopic (exact) mass is 307 g/mol. The van der Waals surface area contributed by atoms with Crippen molar-refractivity contribution in [1.29, 1.82) is 0 Å². The van der Waals surface area contributed by atoms with Crippen molar-refractivity contribution < 1.29 is 19.2 Å². The molecule has 2 aliphatic rings. The highest BCUT2D eigenvalue weighted by atomic mass is 16.6. The molecule has 2 fully saturated rings. The summed E-state index contributed by atoms with van der Waals surface area (Å²) in [5.74, 6) is 0.311. The number of hydrogen-bond donors (Lipinski definition) is 0. The van der Waals surface area contributed by atoms with E-state index in [4.69, 9.17) is 9.47 Å². The number of hydrogen-bond acceptors (Lipinski definition) is 6. The second-order valence-electron chi connectivity index (χ2n) is 5.33. The summed E-state index contributed by atoms with van der Waals surface area (Å²) >= 11 is 0. The van der Waals surface area contributed by atoms with Crippen LogP contribution in [0.5, 0.6) is 5.75 Å². The lowest BCUT2D eigenvalue weighted by molar-refractivity contribution is -0.384. The second kappa shape index (κ2) is 6.29. The van der Waals surface area contributed by atoms with Gasteiger partial charge in [-0.15, -0.1) is 0 Å². The molecule has 22 heavy (non-hydrogen) atoms. The van der Waals surface area contributed by atoms with Crippen molar-refractivity contribution in [2.45, 2.75) is 6.04 Å². The molecule has 2 heterocycles. The minimum Gasteiger partial charge on any atom is -0.410 e. The summed E-state index contributed by atoms with van der Waals surface area (Å²) in [4.78, 5) is 26.0. The Labute approximate surface area is 127 Å². The number of morpholine rings is 1. The second-order valence-corrected chi connectivity index (χ2v) is 5.33. The zero-order chi connectivity index (χ0) is 15.5. The van der Waals surface area contributed by atoms with E-state index >= 15 is 0 Å². The van der Waals surface area contributed by atoms with Crippen LogP contribution in [0.3, 0.4) is 0 Å². The minimum atomic E-state index is -0.492. The number of nitro groups is 1. The molecule has 1 amide bonds. The van der Waals surface area contributed by atoms with Crippen molar-refractivity contribution in [3.8, 4) is 5.75 Å². The average molecular weight is 307 g/mol. The van der Waals surface area contributed by atoms with Crippen molar-refractivity contribution in [2.24, 2.45) is 0 Å². The van der Waals surface area contributed by atoms with Gasteiger partial charge in [0, 0.05) is 44.4 Å². The van der Waals surface area contributed by atoms with Gasteiger partial charge in [0.15, 0.2) is 0 Å². The number of benzene rings is 1. The van der Waals surface area contributed by atoms with Crippen LogP contribution in [0.2, 0.25) is 0 Å². The summed E-state index contributed by atoms with van der Waals surface area (Å²) in [5.41, 5.74) is -0.0314. The van der Waals surface area contributed by atoms with E-state index in [1.165, 1.54) is 24.3 Å². The maximum Gasteiger partial charge on any atom is 0.415 e. The molecule has 1 aromatic carbocycles. The maximum absolute atomic E-state index is 12.0. The van der Waals surface area contributed by atoms with Crippen molar-refractivity contribution in [3.05, 3.63) is 34.4 Å². The molecule has 118 valence electrons. The number of rotatable bonds is 3. The van der Waals surface area contributed by atoms with Crippen LogP contribution in [0, 0.1) is 10.1 Å². The first kappa shape index (κ1) is 14.7. The molecule has 0 bridgehead atoms. The number of likely N-dealkylation sites (tertiary alicyclic amines) is 1. The van der Waals surface area contributed by atoms with Gasteiger partial charge in [-0.3, -0.25) is 15.0 Å². The molecule has 8 heteroatoms. The van der Waals surface area contributed by atoms with Gasteiger partial charge in [0.1, 0.15) is 5.75 Å². The molecule has 0 N–H and O–H groups in total. The van der Waals surface area contributed by atoms with E-state index in [1.54, 1.807) is 4.90 Å². The van der Waals surface area contributed by atoms with Crippen LogP contribution in [0.25, 0.3) is 0 Å². The Balaban J connectivity index is 1.48. The number of amides is 1. The van der Waals surface area contributed by atoms with Crippen LogP contribution in [0.4, 0.5) is 10.5 Å². The first-order chi connectivity index (χ1) is 10.6. The Hall–Kier alpha value is -2.19. The third-order valence-corrected chi connectivity index (χ3v) is 3.94. The summed E-state index contributed by atoms with van der Waals surface area (Å²) in [6.45, 7) is 4.57. The quantitative estimate of drug-likeness (QED) is 0.614. The van der Waals surface area contributed by atoms with Gasteiger partial charge in [0.05, 0.1) is 18.1 Å². The van der Waals surface area contributed by atoms with Crippen LogP contribution < -0.4 is 4.74 Å². The topological polar surface area (TPSA) is 85.1 Å². The molecule has 0 aliphatic carbocycles. The molecule has 0 radical (unpaired) electrons. The molecule has 8 nitrogen and oxygen atoms in total. The van der Waals surface area contributed by atoms with E-state index in [9.17, 15) is 14.9 Å². The fraction of sp³-hybridized carbons (Fsp3) is 0.500. The Morgan fingerprint density at radius 1 is 1.23 bits per heavy atom. The zero-order valence-corrected chi connectivity index (χ0v) is 12.0. The minimum absolute atomic E-state index is 0.0314. The van der Waals surface area contributed by atoms with E-state index < -0.39 is 11.0 Å². The highest BCUT2D eigenvalue weighted by Gasteiger charge is 2.36. The lowest BCUT2D eigenvalue weighted by Crippen LogP contribution is -2.63. The molecule has 0 spiro atoms. The number of carbonyl (C=O) groups excluding carboxylic acids is 1. The Morgan fingerprint density at radius 3 is 2.45 bits per heavy atom. The van der Waals surface area contributed by atoms with Gasteiger partial charge in [-0.05, 0) is 12.1 Å². The SMILES string of the molecule is O=C(Oc1ccc([N+](=O)[O-])cc1)N1CC(N2CCOCC2)C1.